The summed E-state index contributed by atoms with van der Waals surface area (Å²) in [6.45, 7) is 5.47. The Morgan fingerprint density at radius 3 is 2.89 bits per heavy atom. The quantitative estimate of drug-likeness (QED) is 0.880. The first-order chi connectivity index (χ1) is 13.2. The average molecular weight is 367 g/mol. The van der Waals surface area contributed by atoms with Gasteiger partial charge in [0, 0.05) is 37.8 Å². The zero-order valence-corrected chi connectivity index (χ0v) is 16.1. The van der Waals surface area contributed by atoms with E-state index in [0.717, 1.165) is 49.9 Å². The van der Waals surface area contributed by atoms with Crippen LogP contribution in [-0.2, 0) is 13.2 Å². The van der Waals surface area contributed by atoms with Crippen molar-refractivity contribution in [2.45, 2.75) is 32.4 Å². The van der Waals surface area contributed by atoms with Crippen LogP contribution in [-0.4, -0.2) is 48.3 Å². The van der Waals surface area contributed by atoms with Crippen LogP contribution in [0.5, 0.6) is 5.75 Å². The highest BCUT2D eigenvalue weighted by Gasteiger charge is 2.41. The number of rotatable bonds is 5. The van der Waals surface area contributed by atoms with Crippen molar-refractivity contribution in [3.63, 3.8) is 0 Å². The van der Waals surface area contributed by atoms with Gasteiger partial charge in [0.05, 0.1) is 13.7 Å². The maximum atomic E-state index is 9.40. The minimum atomic E-state index is 0.0722. The van der Waals surface area contributed by atoms with Gasteiger partial charge in [-0.15, -0.1) is 0 Å². The van der Waals surface area contributed by atoms with Crippen molar-refractivity contribution in [3.05, 3.63) is 53.7 Å². The summed E-state index contributed by atoms with van der Waals surface area (Å²) in [7, 11) is 1.72. The van der Waals surface area contributed by atoms with Crippen LogP contribution in [0.2, 0.25) is 0 Å². The predicted molar refractivity (Wildman–Crippen MR) is 107 cm³/mol. The summed E-state index contributed by atoms with van der Waals surface area (Å²) in [4.78, 5) is 9.53. The second-order valence-electron chi connectivity index (χ2n) is 8.02. The lowest BCUT2D eigenvalue weighted by Crippen LogP contribution is -2.44. The van der Waals surface area contributed by atoms with Crippen LogP contribution in [0.3, 0.4) is 0 Å². The van der Waals surface area contributed by atoms with Crippen LogP contribution in [0, 0.1) is 5.41 Å². The van der Waals surface area contributed by atoms with Gasteiger partial charge in [0.2, 0.25) is 0 Å². The number of piperidine rings is 1. The monoisotopic (exact) mass is 367 g/mol. The second-order valence-corrected chi connectivity index (χ2v) is 8.02. The summed E-state index contributed by atoms with van der Waals surface area (Å²) in [6, 6.07) is 12.3. The maximum Gasteiger partial charge on any atom is 0.128 e. The fourth-order valence-electron chi connectivity index (χ4n) is 4.67. The first-order valence-electron chi connectivity index (χ1n) is 9.86. The molecular weight excluding hydrogens is 338 g/mol. The van der Waals surface area contributed by atoms with Crippen molar-refractivity contribution in [2.75, 3.05) is 38.2 Å². The number of likely N-dealkylation sites (tertiary alicyclic amines) is 1. The van der Waals surface area contributed by atoms with Gasteiger partial charge in [-0.25, -0.2) is 4.98 Å². The molecule has 0 saturated carbocycles. The van der Waals surface area contributed by atoms with Gasteiger partial charge >= 0.3 is 0 Å². The molecule has 1 aromatic heterocycles. The number of hydrogen-bond donors (Lipinski definition) is 1. The molecule has 144 valence electrons. The summed E-state index contributed by atoms with van der Waals surface area (Å²) < 4.78 is 5.37. The Kier molecular flexibility index (Phi) is 5.32. The van der Waals surface area contributed by atoms with Gasteiger partial charge in [-0.2, -0.15) is 0 Å². The fourth-order valence-corrected chi connectivity index (χ4v) is 4.67. The van der Waals surface area contributed by atoms with Crippen LogP contribution in [0.4, 0.5) is 5.82 Å². The number of ether oxygens (including phenoxy) is 1. The summed E-state index contributed by atoms with van der Waals surface area (Å²) in [5.41, 5.74) is 2.61. The number of aliphatic hydroxyl groups excluding tert-OH is 1. The first-order valence-corrected chi connectivity index (χ1v) is 9.86. The number of hydrogen-bond acceptors (Lipinski definition) is 5. The van der Waals surface area contributed by atoms with Crippen molar-refractivity contribution in [1.29, 1.82) is 0 Å². The first kappa shape index (κ1) is 18.3. The van der Waals surface area contributed by atoms with Crippen LogP contribution in [0.1, 0.15) is 30.4 Å². The van der Waals surface area contributed by atoms with E-state index in [-0.39, 0.29) is 6.61 Å². The third-order valence-corrected chi connectivity index (χ3v) is 6.04. The minimum Gasteiger partial charge on any atom is -0.497 e. The van der Waals surface area contributed by atoms with E-state index in [9.17, 15) is 5.11 Å². The summed E-state index contributed by atoms with van der Waals surface area (Å²) in [6.07, 6.45) is 5.56. The van der Waals surface area contributed by atoms with E-state index >= 15 is 0 Å². The highest BCUT2D eigenvalue weighted by Crippen LogP contribution is 2.40. The molecule has 1 unspecified atom stereocenters. The van der Waals surface area contributed by atoms with Crippen molar-refractivity contribution in [2.24, 2.45) is 5.41 Å². The molecule has 0 bridgehead atoms. The van der Waals surface area contributed by atoms with Crippen LogP contribution >= 0.6 is 0 Å². The molecule has 3 heterocycles. The average Bonchev–Trinajstić information content (AvgIpc) is 3.11. The Hall–Kier alpha value is -2.11. The molecule has 4 rings (SSSR count). The van der Waals surface area contributed by atoms with Gasteiger partial charge < -0.3 is 14.7 Å². The van der Waals surface area contributed by atoms with E-state index in [1.807, 2.05) is 24.4 Å². The number of pyridine rings is 1. The number of methoxy groups -OCH3 is 1. The summed E-state index contributed by atoms with van der Waals surface area (Å²) in [5.74, 6) is 1.93. The predicted octanol–water partition coefficient (Wildman–Crippen LogP) is 3.08. The lowest BCUT2D eigenvalue weighted by atomic mass is 9.79. The molecular formula is C22H29N3O2. The van der Waals surface area contributed by atoms with Gasteiger partial charge in [0.1, 0.15) is 11.6 Å². The smallest absolute Gasteiger partial charge is 0.128 e. The number of benzene rings is 1. The lowest BCUT2D eigenvalue weighted by molar-refractivity contribution is 0.0991. The Morgan fingerprint density at radius 1 is 1.11 bits per heavy atom. The van der Waals surface area contributed by atoms with E-state index < -0.39 is 0 Å². The molecule has 0 aliphatic carbocycles. The zero-order chi connectivity index (χ0) is 18.7. The molecule has 2 fully saturated rings. The molecule has 1 N–H and O–H groups in total. The number of anilines is 1. The molecule has 0 amide bonds. The van der Waals surface area contributed by atoms with Crippen LogP contribution in [0.25, 0.3) is 0 Å². The van der Waals surface area contributed by atoms with Crippen LogP contribution in [0.15, 0.2) is 42.6 Å². The molecule has 1 spiro atoms. The highest BCUT2D eigenvalue weighted by atomic mass is 16.5. The zero-order valence-electron chi connectivity index (χ0n) is 16.1. The van der Waals surface area contributed by atoms with E-state index in [1.54, 1.807) is 7.11 Å². The van der Waals surface area contributed by atoms with E-state index in [1.165, 1.54) is 24.8 Å². The molecule has 2 saturated heterocycles. The highest BCUT2D eigenvalue weighted by molar-refractivity contribution is 5.42. The maximum absolute atomic E-state index is 9.40. The number of nitrogens with zero attached hydrogens (tertiary/aromatic N) is 3. The standard InChI is InChI=1S/C22H29N3O2/c1-27-20-5-2-4-18(12-20)14-24-10-3-7-22(16-24)8-11-25(17-22)21-13-19(15-26)6-9-23-21/h2,4-6,9,12-13,26H,3,7-8,10-11,14-17H2,1H3. The largest absolute Gasteiger partial charge is 0.497 e. The van der Waals surface area contributed by atoms with Crippen molar-refractivity contribution in [3.8, 4) is 5.75 Å². The third kappa shape index (κ3) is 4.09. The Labute approximate surface area is 161 Å². The molecule has 5 heteroatoms. The SMILES string of the molecule is COc1cccc(CN2CCCC3(CCN(c4cc(CO)ccn4)C3)C2)c1. The fraction of sp³-hybridized carbons (Fsp3) is 0.500. The Balaban J connectivity index is 1.43. The van der Waals surface area contributed by atoms with Gasteiger partial charge in [-0.1, -0.05) is 12.1 Å². The van der Waals surface area contributed by atoms with Crippen molar-refractivity contribution in [1.82, 2.24) is 9.88 Å². The van der Waals surface area contributed by atoms with Gasteiger partial charge in [0.15, 0.2) is 0 Å². The molecule has 2 aromatic rings. The van der Waals surface area contributed by atoms with E-state index in [0.29, 0.717) is 5.41 Å². The van der Waals surface area contributed by atoms with E-state index in [4.69, 9.17) is 4.74 Å². The second kappa shape index (κ2) is 7.87. The summed E-state index contributed by atoms with van der Waals surface area (Å²) >= 11 is 0. The van der Waals surface area contributed by atoms with Gasteiger partial charge in [0.25, 0.3) is 0 Å². The summed E-state index contributed by atoms with van der Waals surface area (Å²) in [5, 5.41) is 9.40. The van der Waals surface area contributed by atoms with Crippen molar-refractivity contribution < 1.29 is 9.84 Å². The molecule has 27 heavy (non-hydrogen) atoms. The van der Waals surface area contributed by atoms with Crippen molar-refractivity contribution >= 4 is 5.82 Å². The number of aliphatic hydroxyl groups is 1. The number of aromatic nitrogens is 1. The Bertz CT molecular complexity index is 782. The third-order valence-electron chi connectivity index (χ3n) is 6.04. The molecule has 1 atom stereocenters. The minimum absolute atomic E-state index is 0.0722. The van der Waals surface area contributed by atoms with E-state index in [2.05, 4.69) is 33.0 Å². The molecule has 1 aromatic carbocycles. The van der Waals surface area contributed by atoms with Crippen LogP contribution < -0.4 is 9.64 Å². The molecule has 2 aliphatic rings. The molecule has 2 aliphatic heterocycles. The van der Waals surface area contributed by atoms with Gasteiger partial charge in [-0.3, -0.25) is 4.90 Å². The topological polar surface area (TPSA) is 48.8 Å². The Morgan fingerprint density at radius 2 is 2.04 bits per heavy atom. The van der Waals surface area contributed by atoms with Gasteiger partial charge in [-0.05, 0) is 61.2 Å². The lowest BCUT2D eigenvalue weighted by Gasteiger charge is -2.40. The molecule has 5 nitrogen and oxygen atoms in total. The molecule has 0 radical (unpaired) electrons. The normalized spacial score (nSPS) is 23.1.